The summed E-state index contributed by atoms with van der Waals surface area (Å²) in [7, 11) is 0. The van der Waals surface area contributed by atoms with Crippen molar-refractivity contribution in [1.29, 1.82) is 0 Å². The third-order valence-electron chi connectivity index (χ3n) is 3.83. The summed E-state index contributed by atoms with van der Waals surface area (Å²) in [6, 6.07) is 6.67. The first kappa shape index (κ1) is 16.8. The monoisotopic (exact) mass is 325 g/mol. The van der Waals surface area contributed by atoms with E-state index < -0.39 is 5.97 Å². The van der Waals surface area contributed by atoms with E-state index in [2.05, 4.69) is 0 Å². The van der Waals surface area contributed by atoms with E-state index in [0.29, 0.717) is 19.0 Å². The van der Waals surface area contributed by atoms with E-state index in [1.54, 1.807) is 17.0 Å². The zero-order valence-corrected chi connectivity index (χ0v) is 13.2. The summed E-state index contributed by atoms with van der Waals surface area (Å²) >= 11 is 1.14. The number of carboxylic acid groups (broad SMARTS) is 1. The molecule has 1 amide bonds. The Morgan fingerprint density at radius 1 is 1.27 bits per heavy atom. The number of carboxylic acids is 1. The molecule has 1 fully saturated rings. The Bertz CT molecular complexity index is 530. The maximum Gasteiger partial charge on any atom is 0.313 e. The Morgan fingerprint density at radius 3 is 2.64 bits per heavy atom. The van der Waals surface area contributed by atoms with Gasteiger partial charge in [0, 0.05) is 13.1 Å². The Morgan fingerprint density at radius 2 is 2.00 bits per heavy atom. The van der Waals surface area contributed by atoms with Crippen LogP contribution in [-0.4, -0.2) is 46.5 Å². The van der Waals surface area contributed by atoms with Crippen molar-refractivity contribution in [3.63, 3.8) is 0 Å². The molecule has 1 saturated heterocycles. The van der Waals surface area contributed by atoms with Crippen LogP contribution in [0.2, 0.25) is 0 Å². The average Bonchev–Trinajstić information content (AvgIpc) is 2.47. The van der Waals surface area contributed by atoms with Crippen LogP contribution in [0.1, 0.15) is 18.4 Å². The van der Waals surface area contributed by atoms with Gasteiger partial charge < -0.3 is 10.0 Å². The molecule has 1 N–H and O–H groups in total. The summed E-state index contributed by atoms with van der Waals surface area (Å²) < 4.78 is 13.2. The molecule has 120 valence electrons. The van der Waals surface area contributed by atoms with Crippen LogP contribution >= 0.6 is 11.8 Å². The van der Waals surface area contributed by atoms with E-state index in [1.165, 1.54) is 6.07 Å². The number of piperidine rings is 1. The molecule has 22 heavy (non-hydrogen) atoms. The minimum atomic E-state index is -0.897. The quantitative estimate of drug-likeness (QED) is 0.873. The molecule has 4 nitrogen and oxygen atoms in total. The molecule has 1 aromatic rings. The molecular formula is C16H20FNO3S. The van der Waals surface area contributed by atoms with Crippen molar-refractivity contribution < 1.29 is 19.1 Å². The third kappa shape index (κ3) is 5.33. The molecule has 0 aliphatic carbocycles. The second-order valence-electron chi connectivity index (χ2n) is 5.54. The number of likely N-dealkylation sites (tertiary alicyclic amines) is 1. The Labute approximate surface area is 133 Å². The lowest BCUT2D eigenvalue weighted by Crippen LogP contribution is -2.40. The van der Waals surface area contributed by atoms with Crippen LogP contribution in [0.15, 0.2) is 24.3 Å². The highest BCUT2D eigenvalue weighted by Crippen LogP contribution is 2.22. The number of halogens is 1. The van der Waals surface area contributed by atoms with E-state index in [-0.39, 0.29) is 23.2 Å². The molecule has 1 heterocycles. The van der Waals surface area contributed by atoms with Crippen LogP contribution in [0.5, 0.6) is 0 Å². The maximum atomic E-state index is 13.2. The van der Waals surface area contributed by atoms with E-state index >= 15 is 0 Å². The van der Waals surface area contributed by atoms with Crippen molar-refractivity contribution >= 4 is 23.6 Å². The Balaban J connectivity index is 1.73. The first-order valence-electron chi connectivity index (χ1n) is 7.36. The molecule has 0 saturated carbocycles. The smallest absolute Gasteiger partial charge is 0.313 e. The van der Waals surface area contributed by atoms with Gasteiger partial charge in [-0.1, -0.05) is 12.1 Å². The van der Waals surface area contributed by atoms with E-state index in [1.807, 2.05) is 6.07 Å². The van der Waals surface area contributed by atoms with Gasteiger partial charge >= 0.3 is 5.97 Å². The van der Waals surface area contributed by atoms with E-state index in [0.717, 1.165) is 36.6 Å². The van der Waals surface area contributed by atoms with Gasteiger partial charge in [0.05, 0.1) is 11.5 Å². The van der Waals surface area contributed by atoms with Crippen molar-refractivity contribution in [2.75, 3.05) is 24.6 Å². The number of hydrogen-bond acceptors (Lipinski definition) is 3. The number of aliphatic carboxylic acids is 1. The van der Waals surface area contributed by atoms with Gasteiger partial charge in [-0.2, -0.15) is 0 Å². The van der Waals surface area contributed by atoms with Crippen molar-refractivity contribution in [1.82, 2.24) is 4.90 Å². The highest BCUT2D eigenvalue weighted by Gasteiger charge is 2.23. The molecule has 0 unspecified atom stereocenters. The first-order chi connectivity index (χ1) is 10.5. The predicted molar refractivity (Wildman–Crippen MR) is 84.4 cm³/mol. The summed E-state index contributed by atoms with van der Waals surface area (Å²) in [5.41, 5.74) is 1.00. The summed E-state index contributed by atoms with van der Waals surface area (Å²) in [5.74, 6) is -0.442. The number of rotatable bonds is 6. The number of thioether (sulfide) groups is 1. The molecule has 0 radical (unpaired) electrons. The first-order valence-corrected chi connectivity index (χ1v) is 8.52. The molecule has 6 heteroatoms. The van der Waals surface area contributed by atoms with E-state index in [9.17, 15) is 14.0 Å². The number of amides is 1. The zero-order chi connectivity index (χ0) is 15.9. The fraction of sp³-hybridized carbons (Fsp3) is 0.500. The normalized spacial score (nSPS) is 15.8. The van der Waals surface area contributed by atoms with Gasteiger partial charge in [-0.25, -0.2) is 4.39 Å². The molecule has 0 aromatic heterocycles. The number of nitrogens with zero attached hydrogens (tertiary/aromatic N) is 1. The highest BCUT2D eigenvalue weighted by molar-refractivity contribution is 8.00. The highest BCUT2D eigenvalue weighted by atomic mass is 32.2. The summed E-state index contributed by atoms with van der Waals surface area (Å²) in [6.07, 6.45) is 2.66. The van der Waals surface area contributed by atoms with Crippen molar-refractivity contribution in [2.45, 2.75) is 19.3 Å². The molecule has 0 atom stereocenters. The molecule has 2 rings (SSSR count). The SMILES string of the molecule is O=C(O)CSCC(=O)N1CCC(Cc2cccc(F)c2)CC1. The van der Waals surface area contributed by atoms with Crippen molar-refractivity contribution in [3.05, 3.63) is 35.6 Å². The predicted octanol–water partition coefficient (Wildman–Crippen LogP) is 2.42. The van der Waals surface area contributed by atoms with Gasteiger partial charge in [0.15, 0.2) is 0 Å². The topological polar surface area (TPSA) is 57.6 Å². The van der Waals surface area contributed by atoms with Gasteiger partial charge in [0.2, 0.25) is 5.91 Å². The Hall–Kier alpha value is -1.56. The number of carbonyl (C=O) groups is 2. The summed E-state index contributed by atoms with van der Waals surface area (Å²) in [5, 5.41) is 8.56. The second kappa shape index (κ2) is 8.17. The number of hydrogen-bond donors (Lipinski definition) is 1. The summed E-state index contributed by atoms with van der Waals surface area (Å²) in [6.45, 7) is 1.40. The van der Waals surface area contributed by atoms with Crippen LogP contribution in [0.25, 0.3) is 0 Å². The Kier molecular flexibility index (Phi) is 6.24. The maximum absolute atomic E-state index is 13.2. The van der Waals surface area contributed by atoms with Gasteiger partial charge in [-0.05, 0) is 42.9 Å². The van der Waals surface area contributed by atoms with Crippen LogP contribution in [-0.2, 0) is 16.0 Å². The van der Waals surface area contributed by atoms with Crippen LogP contribution in [0, 0.1) is 11.7 Å². The third-order valence-corrected chi connectivity index (χ3v) is 4.73. The van der Waals surface area contributed by atoms with Crippen molar-refractivity contribution in [3.8, 4) is 0 Å². The van der Waals surface area contributed by atoms with Crippen LogP contribution in [0.3, 0.4) is 0 Å². The lowest BCUT2D eigenvalue weighted by Gasteiger charge is -2.32. The molecule has 1 aliphatic heterocycles. The van der Waals surface area contributed by atoms with Gasteiger partial charge in [0.25, 0.3) is 0 Å². The minimum Gasteiger partial charge on any atom is -0.481 e. The lowest BCUT2D eigenvalue weighted by atomic mass is 9.90. The van der Waals surface area contributed by atoms with Gasteiger partial charge in [0.1, 0.15) is 5.82 Å². The molecule has 1 aromatic carbocycles. The molecular weight excluding hydrogens is 305 g/mol. The average molecular weight is 325 g/mol. The fourth-order valence-electron chi connectivity index (χ4n) is 2.70. The largest absolute Gasteiger partial charge is 0.481 e. The van der Waals surface area contributed by atoms with Crippen LogP contribution < -0.4 is 0 Å². The summed E-state index contributed by atoms with van der Waals surface area (Å²) in [4.78, 5) is 24.2. The van der Waals surface area contributed by atoms with Gasteiger partial charge in [-0.15, -0.1) is 11.8 Å². The lowest BCUT2D eigenvalue weighted by molar-refractivity contribution is -0.133. The molecule has 0 spiro atoms. The second-order valence-corrected chi connectivity index (χ2v) is 6.53. The molecule has 1 aliphatic rings. The van der Waals surface area contributed by atoms with Crippen molar-refractivity contribution in [2.24, 2.45) is 5.92 Å². The number of benzene rings is 1. The van der Waals surface area contributed by atoms with Crippen LogP contribution in [0.4, 0.5) is 4.39 Å². The minimum absolute atomic E-state index is 0.00968. The molecule has 0 bridgehead atoms. The standard InChI is InChI=1S/C16H20FNO3S/c17-14-3-1-2-13(9-14)8-12-4-6-18(7-5-12)15(19)10-22-11-16(20)21/h1-3,9,12H,4-8,10-11H2,(H,20,21). The van der Waals surface area contributed by atoms with E-state index in [4.69, 9.17) is 5.11 Å². The fourth-order valence-corrected chi connectivity index (χ4v) is 3.33. The zero-order valence-electron chi connectivity index (χ0n) is 12.3. The van der Waals surface area contributed by atoms with Gasteiger partial charge in [-0.3, -0.25) is 9.59 Å². The number of carbonyl (C=O) groups excluding carboxylic acids is 1.